The van der Waals surface area contributed by atoms with Crippen molar-refractivity contribution >= 4 is 63.6 Å². The fraction of sp³-hybridized carbons (Fsp3) is 0.195. The molecule has 3 N–H and O–H groups in total. The van der Waals surface area contributed by atoms with Crippen molar-refractivity contribution in [2.45, 2.75) is 43.5 Å². The Hall–Kier alpha value is -5.56. The van der Waals surface area contributed by atoms with Gasteiger partial charge in [0, 0.05) is 53.1 Å². The molecule has 0 spiro atoms. The van der Waals surface area contributed by atoms with Crippen LogP contribution >= 0.6 is 23.1 Å². The Kier molecular flexibility index (Phi) is 12.5. The molecule has 53 heavy (non-hydrogen) atoms. The smallest absolute Gasteiger partial charge is 0.341 e. The van der Waals surface area contributed by atoms with Crippen molar-refractivity contribution in [1.82, 2.24) is 15.2 Å². The van der Waals surface area contributed by atoms with Crippen molar-refractivity contribution < 1.29 is 23.9 Å². The highest BCUT2D eigenvalue weighted by Crippen LogP contribution is 2.39. The Morgan fingerprint density at radius 1 is 0.962 bits per heavy atom. The normalized spacial score (nSPS) is 13.4. The van der Waals surface area contributed by atoms with Gasteiger partial charge < -0.3 is 20.7 Å². The van der Waals surface area contributed by atoms with Gasteiger partial charge in [-0.25, -0.2) is 4.79 Å². The number of carbonyl (C=O) groups excluding carboxylic acids is 4. The van der Waals surface area contributed by atoms with Crippen LogP contribution < -0.4 is 16.0 Å². The third-order valence-electron chi connectivity index (χ3n) is 8.40. The molecule has 6 rings (SSSR count). The summed E-state index contributed by atoms with van der Waals surface area (Å²) >= 11 is 2.74. The van der Waals surface area contributed by atoms with E-state index >= 15 is 0 Å². The second kappa shape index (κ2) is 17.8. The van der Waals surface area contributed by atoms with Crippen LogP contribution in [0.15, 0.2) is 120 Å². The van der Waals surface area contributed by atoms with Gasteiger partial charge in [-0.1, -0.05) is 60.7 Å². The number of thioether (sulfide) groups is 1. The molecule has 5 aromatic rings. The number of amides is 3. The Labute approximate surface area is 316 Å². The van der Waals surface area contributed by atoms with Crippen molar-refractivity contribution in [2.75, 3.05) is 23.8 Å². The van der Waals surface area contributed by atoms with E-state index in [1.165, 1.54) is 28.7 Å². The van der Waals surface area contributed by atoms with Crippen molar-refractivity contribution in [3.8, 4) is 0 Å². The molecule has 3 amide bonds. The molecule has 0 saturated carbocycles. The number of nitrogens with one attached hydrogen (secondary N) is 3. The van der Waals surface area contributed by atoms with Crippen molar-refractivity contribution in [2.24, 2.45) is 0 Å². The lowest BCUT2D eigenvalue weighted by molar-refractivity contribution is -0.115. The maximum Gasteiger partial charge on any atom is 0.341 e. The number of hydrogen-bond donors (Lipinski definition) is 3. The Morgan fingerprint density at radius 3 is 2.47 bits per heavy atom. The van der Waals surface area contributed by atoms with Crippen molar-refractivity contribution in [1.29, 1.82) is 0 Å². The first kappa shape index (κ1) is 37.2. The summed E-state index contributed by atoms with van der Waals surface area (Å²) in [5.41, 5.74) is 4.16. The van der Waals surface area contributed by atoms with Crippen LogP contribution in [0.4, 0.5) is 10.7 Å². The van der Waals surface area contributed by atoms with Crippen LogP contribution in [0.5, 0.6) is 0 Å². The second-order valence-electron chi connectivity index (χ2n) is 12.3. The zero-order valence-corrected chi connectivity index (χ0v) is 31.0. The fourth-order valence-electron chi connectivity index (χ4n) is 5.83. The molecule has 1 unspecified atom stereocenters. The number of anilines is 2. The average Bonchev–Trinajstić information content (AvgIpc) is 3.53. The molecule has 0 fully saturated rings. The summed E-state index contributed by atoms with van der Waals surface area (Å²) in [7, 11) is 0. The van der Waals surface area contributed by atoms with Crippen LogP contribution in [0, 0.1) is 0 Å². The van der Waals surface area contributed by atoms with Crippen LogP contribution in [-0.4, -0.2) is 52.0 Å². The van der Waals surface area contributed by atoms with E-state index in [4.69, 9.17) is 4.74 Å². The number of thiophene rings is 1. The maximum atomic E-state index is 13.6. The Balaban J connectivity index is 1.13. The number of benzene rings is 3. The Bertz CT molecular complexity index is 2110. The molecule has 0 saturated heterocycles. The van der Waals surface area contributed by atoms with E-state index in [-0.39, 0.29) is 18.2 Å². The molecule has 12 heteroatoms. The summed E-state index contributed by atoms with van der Waals surface area (Å²) < 4.78 is 5.42. The van der Waals surface area contributed by atoms with Gasteiger partial charge in [0.15, 0.2) is 0 Å². The molecule has 0 radical (unpaired) electrons. The third kappa shape index (κ3) is 9.86. The molecule has 2 aromatic heterocycles. The van der Waals surface area contributed by atoms with E-state index < -0.39 is 23.0 Å². The first-order valence-corrected chi connectivity index (χ1v) is 18.9. The number of pyridine rings is 1. The Morgan fingerprint density at radius 2 is 1.74 bits per heavy atom. The van der Waals surface area contributed by atoms with Crippen LogP contribution in [0.3, 0.4) is 0 Å². The number of hydrogen-bond acceptors (Lipinski definition) is 9. The lowest BCUT2D eigenvalue weighted by Gasteiger charge is -2.27. The highest BCUT2D eigenvalue weighted by Gasteiger charge is 2.30. The molecule has 270 valence electrons. The van der Waals surface area contributed by atoms with Crippen LogP contribution in [0.2, 0.25) is 0 Å². The number of esters is 1. The van der Waals surface area contributed by atoms with Gasteiger partial charge in [-0.2, -0.15) is 0 Å². The zero-order chi connectivity index (χ0) is 37.2. The quantitative estimate of drug-likeness (QED) is 0.0646. The minimum atomic E-state index is -0.545. The van der Waals surface area contributed by atoms with Gasteiger partial charge in [0.1, 0.15) is 10.7 Å². The number of carbonyl (C=O) groups is 4. The van der Waals surface area contributed by atoms with Gasteiger partial charge in [-0.3, -0.25) is 24.3 Å². The SMILES string of the molecule is CCOC(=O)c1c(NC(=O)C(C)Sc2cccc(NC(=O)/C(=C/c3cccnc3)NC(=O)c3ccccc3)c2)sc2c1CCN(Cc1ccccc1)C2. The monoisotopic (exact) mass is 745 g/mol. The van der Waals surface area contributed by atoms with Crippen molar-refractivity contribution in [3.63, 3.8) is 0 Å². The zero-order valence-electron chi connectivity index (χ0n) is 29.3. The molecule has 1 aliphatic heterocycles. The maximum absolute atomic E-state index is 13.6. The summed E-state index contributed by atoms with van der Waals surface area (Å²) in [4.78, 5) is 61.5. The summed E-state index contributed by atoms with van der Waals surface area (Å²) in [6, 6.07) is 29.5. The molecule has 0 bridgehead atoms. The molecular formula is C41H39N5O5S2. The lowest BCUT2D eigenvalue weighted by atomic mass is 10.0. The van der Waals surface area contributed by atoms with Gasteiger partial charge in [-0.15, -0.1) is 23.1 Å². The van der Waals surface area contributed by atoms with E-state index in [2.05, 4.69) is 38.0 Å². The van der Waals surface area contributed by atoms with Gasteiger partial charge >= 0.3 is 5.97 Å². The standard InChI is InChI=1S/C41H39N5O5S2/c1-3-51-41(50)36-33-19-21-46(25-28-12-6-4-7-13-28)26-35(33)53-40(36)45-37(47)27(2)52-32-18-10-17-31(23-32)43-39(49)34(22-29-14-11-20-42-24-29)44-38(48)30-15-8-5-9-16-30/h4-18,20,22-24,27H,3,19,21,25-26H2,1-2H3,(H,43,49)(H,44,48)(H,45,47)/b34-22-. The highest BCUT2D eigenvalue weighted by molar-refractivity contribution is 8.00. The van der Waals surface area contributed by atoms with E-state index in [0.29, 0.717) is 40.3 Å². The number of aromatic nitrogens is 1. The van der Waals surface area contributed by atoms with Crippen molar-refractivity contribution in [3.05, 3.63) is 148 Å². The number of fused-ring (bicyclic) bond motifs is 1. The molecule has 1 aliphatic rings. The predicted octanol–water partition coefficient (Wildman–Crippen LogP) is 7.41. The minimum absolute atomic E-state index is 0.0388. The number of ether oxygens (including phenoxy) is 1. The summed E-state index contributed by atoms with van der Waals surface area (Å²) in [5.74, 6) is -1.65. The predicted molar refractivity (Wildman–Crippen MR) is 210 cm³/mol. The highest BCUT2D eigenvalue weighted by atomic mass is 32.2. The van der Waals surface area contributed by atoms with Gasteiger partial charge in [0.05, 0.1) is 17.4 Å². The van der Waals surface area contributed by atoms with E-state index in [0.717, 1.165) is 28.4 Å². The van der Waals surface area contributed by atoms with E-state index in [1.54, 1.807) is 86.9 Å². The van der Waals surface area contributed by atoms with E-state index in [1.807, 2.05) is 30.3 Å². The molecule has 1 atom stereocenters. The van der Waals surface area contributed by atoms with Gasteiger partial charge in [0.2, 0.25) is 5.91 Å². The molecule has 3 aromatic carbocycles. The van der Waals surface area contributed by atoms with Crippen LogP contribution in [0.25, 0.3) is 6.08 Å². The minimum Gasteiger partial charge on any atom is -0.462 e. The first-order valence-electron chi connectivity index (χ1n) is 17.2. The number of rotatable bonds is 13. The average molecular weight is 746 g/mol. The molecule has 10 nitrogen and oxygen atoms in total. The van der Waals surface area contributed by atoms with Gasteiger partial charge in [-0.05, 0) is 79.4 Å². The van der Waals surface area contributed by atoms with Crippen LogP contribution in [-0.2, 0) is 33.8 Å². The molecule has 0 aliphatic carbocycles. The summed E-state index contributed by atoms with van der Waals surface area (Å²) in [5, 5.41) is 8.58. The largest absolute Gasteiger partial charge is 0.462 e. The molecule has 3 heterocycles. The van der Waals surface area contributed by atoms with Gasteiger partial charge in [0.25, 0.3) is 11.8 Å². The summed E-state index contributed by atoms with van der Waals surface area (Å²) in [6.45, 7) is 6.05. The first-order chi connectivity index (χ1) is 25.8. The third-order valence-corrected chi connectivity index (χ3v) is 10.6. The second-order valence-corrected chi connectivity index (χ2v) is 14.8. The number of nitrogens with zero attached hydrogens (tertiary/aromatic N) is 2. The summed E-state index contributed by atoms with van der Waals surface area (Å²) in [6.07, 6.45) is 5.45. The topological polar surface area (TPSA) is 130 Å². The van der Waals surface area contributed by atoms with Crippen LogP contribution in [0.1, 0.15) is 56.1 Å². The molecular weight excluding hydrogens is 707 g/mol. The lowest BCUT2D eigenvalue weighted by Crippen LogP contribution is -2.30. The van der Waals surface area contributed by atoms with E-state index in [9.17, 15) is 19.2 Å². The fourth-order valence-corrected chi connectivity index (χ4v) is 8.03.